The van der Waals surface area contributed by atoms with E-state index in [0.717, 1.165) is 19.3 Å². The summed E-state index contributed by atoms with van der Waals surface area (Å²) in [6, 6.07) is 3.31. The molecule has 1 aromatic carbocycles. The Labute approximate surface area is 156 Å². The number of benzene rings is 1. The molecule has 10 heteroatoms. The van der Waals surface area contributed by atoms with E-state index in [1.807, 2.05) is 0 Å². The highest BCUT2D eigenvalue weighted by molar-refractivity contribution is 5.85. The molecule has 0 unspecified atom stereocenters. The Bertz CT molecular complexity index is 766. The van der Waals surface area contributed by atoms with Crippen LogP contribution in [0.2, 0.25) is 0 Å². The van der Waals surface area contributed by atoms with E-state index in [0.29, 0.717) is 28.8 Å². The molecular formula is C16H21ClN4O5. The molecule has 1 saturated carbocycles. The maximum absolute atomic E-state index is 11.0. The molecule has 3 rings (SSSR count). The molecule has 0 aliphatic heterocycles. The quantitative estimate of drug-likeness (QED) is 0.730. The molecule has 1 aliphatic rings. The number of halogens is 1. The van der Waals surface area contributed by atoms with Crippen LogP contribution in [0.3, 0.4) is 0 Å². The number of carbonyl (C=O) groups excluding carboxylic acids is 1. The van der Waals surface area contributed by atoms with Gasteiger partial charge in [0.2, 0.25) is 5.75 Å². The summed E-state index contributed by atoms with van der Waals surface area (Å²) in [5.74, 6) is 1.14. The second-order valence-corrected chi connectivity index (χ2v) is 5.90. The monoisotopic (exact) mass is 384 g/mol. The molecule has 1 heterocycles. The number of carbonyl (C=O) groups is 1. The molecule has 9 nitrogen and oxygen atoms in total. The maximum atomic E-state index is 11.0. The molecule has 0 saturated heterocycles. The fourth-order valence-electron chi connectivity index (χ4n) is 2.61. The van der Waals surface area contributed by atoms with Crippen molar-refractivity contribution in [3.05, 3.63) is 18.0 Å². The van der Waals surface area contributed by atoms with Crippen LogP contribution in [-0.2, 0) is 10.3 Å². The van der Waals surface area contributed by atoms with E-state index in [-0.39, 0.29) is 24.8 Å². The van der Waals surface area contributed by atoms with Crippen LogP contribution in [0.25, 0.3) is 11.5 Å². The van der Waals surface area contributed by atoms with E-state index >= 15 is 0 Å². The van der Waals surface area contributed by atoms with Crippen LogP contribution in [0.1, 0.15) is 25.1 Å². The molecule has 1 fully saturated rings. The number of rotatable bonds is 7. The highest BCUT2D eigenvalue weighted by atomic mass is 35.5. The van der Waals surface area contributed by atoms with E-state index in [1.165, 1.54) is 14.2 Å². The van der Waals surface area contributed by atoms with Crippen molar-refractivity contribution in [1.82, 2.24) is 10.1 Å². The Hall–Kier alpha value is -2.52. The Morgan fingerprint density at radius 2 is 1.88 bits per heavy atom. The summed E-state index contributed by atoms with van der Waals surface area (Å²) in [5, 5.41) is 3.99. The normalized spacial score (nSPS) is 14.7. The smallest absolute Gasteiger partial charge is 0.258 e. The van der Waals surface area contributed by atoms with Gasteiger partial charge in [-0.1, -0.05) is 5.16 Å². The summed E-state index contributed by atoms with van der Waals surface area (Å²) in [4.78, 5) is 15.4. The van der Waals surface area contributed by atoms with Crippen LogP contribution in [0.5, 0.6) is 17.2 Å². The molecule has 2 aromatic rings. The lowest BCUT2D eigenvalue weighted by Crippen LogP contribution is -2.44. The molecule has 0 radical (unpaired) electrons. The van der Waals surface area contributed by atoms with Crippen LogP contribution in [0.15, 0.2) is 16.7 Å². The first-order valence-corrected chi connectivity index (χ1v) is 7.77. The second-order valence-electron chi connectivity index (χ2n) is 5.90. The number of hydrogen-bond acceptors (Lipinski definition) is 8. The molecule has 1 aromatic heterocycles. The zero-order valence-corrected chi connectivity index (χ0v) is 15.3. The van der Waals surface area contributed by atoms with Crippen molar-refractivity contribution in [2.75, 3.05) is 20.8 Å². The number of nitrogens with two attached hydrogens (primary N) is 2. The predicted octanol–water partition coefficient (Wildman–Crippen LogP) is 1.38. The van der Waals surface area contributed by atoms with Crippen LogP contribution < -0.4 is 25.7 Å². The Morgan fingerprint density at radius 3 is 2.35 bits per heavy atom. The van der Waals surface area contributed by atoms with Crippen molar-refractivity contribution in [1.29, 1.82) is 0 Å². The molecule has 4 N–H and O–H groups in total. The van der Waals surface area contributed by atoms with Gasteiger partial charge in [-0.3, -0.25) is 4.79 Å². The van der Waals surface area contributed by atoms with Crippen molar-refractivity contribution >= 4 is 18.3 Å². The summed E-state index contributed by atoms with van der Waals surface area (Å²) >= 11 is 0. The third-order valence-electron chi connectivity index (χ3n) is 4.18. The number of aromatic nitrogens is 2. The van der Waals surface area contributed by atoms with Gasteiger partial charge >= 0.3 is 0 Å². The topological polar surface area (TPSA) is 136 Å². The lowest BCUT2D eigenvalue weighted by Gasteiger charge is -2.34. The van der Waals surface area contributed by atoms with Crippen LogP contribution >= 0.6 is 12.4 Å². The Morgan fingerprint density at radius 1 is 1.27 bits per heavy atom. The second kappa shape index (κ2) is 7.79. The highest BCUT2D eigenvalue weighted by Crippen LogP contribution is 2.42. The summed E-state index contributed by atoms with van der Waals surface area (Å²) < 4.78 is 21.4. The van der Waals surface area contributed by atoms with E-state index < -0.39 is 11.4 Å². The third kappa shape index (κ3) is 3.68. The summed E-state index contributed by atoms with van der Waals surface area (Å²) in [7, 11) is 2.94. The first-order valence-electron chi connectivity index (χ1n) is 7.77. The largest absolute Gasteiger partial charge is 0.493 e. The summed E-state index contributed by atoms with van der Waals surface area (Å²) in [6.07, 6.45) is 2.71. The minimum absolute atomic E-state index is 0. The Kier molecular flexibility index (Phi) is 5.94. The average Bonchev–Trinajstić information content (AvgIpc) is 3.07. The van der Waals surface area contributed by atoms with Crippen molar-refractivity contribution in [3.8, 4) is 28.7 Å². The standard InChI is InChI=1S/C16H20N4O5.ClH/c1-22-10-6-9(7-11(23-2)13(10)24-8-12(17)21)14-19-15(20-25-14)16(18)4-3-5-16;/h6-7H,3-5,8,18H2,1-2H3,(H2,17,21);1H. The van der Waals surface area contributed by atoms with E-state index in [9.17, 15) is 4.79 Å². The lowest BCUT2D eigenvalue weighted by atomic mass is 9.77. The predicted molar refractivity (Wildman–Crippen MR) is 94.5 cm³/mol. The third-order valence-corrected chi connectivity index (χ3v) is 4.18. The van der Waals surface area contributed by atoms with Gasteiger partial charge in [-0.25, -0.2) is 0 Å². The molecule has 1 aliphatic carbocycles. The minimum Gasteiger partial charge on any atom is -0.493 e. The number of amides is 1. The van der Waals surface area contributed by atoms with Crippen molar-refractivity contribution in [3.63, 3.8) is 0 Å². The van der Waals surface area contributed by atoms with Gasteiger partial charge in [0, 0.05) is 5.56 Å². The number of nitrogens with zero attached hydrogens (tertiary/aromatic N) is 2. The summed E-state index contributed by atoms with van der Waals surface area (Å²) in [5.41, 5.74) is 11.4. The van der Waals surface area contributed by atoms with Crippen LogP contribution in [0, 0.1) is 0 Å². The van der Waals surface area contributed by atoms with Gasteiger partial charge in [0.05, 0.1) is 19.8 Å². The number of hydrogen-bond donors (Lipinski definition) is 2. The number of ether oxygens (including phenoxy) is 3. The van der Waals surface area contributed by atoms with Crippen molar-refractivity contribution in [2.24, 2.45) is 11.5 Å². The van der Waals surface area contributed by atoms with E-state index in [4.69, 9.17) is 30.2 Å². The van der Waals surface area contributed by atoms with Gasteiger partial charge < -0.3 is 30.2 Å². The fourth-order valence-corrected chi connectivity index (χ4v) is 2.61. The first-order chi connectivity index (χ1) is 12.0. The van der Waals surface area contributed by atoms with Crippen LogP contribution in [-0.4, -0.2) is 36.9 Å². The number of primary amides is 1. The van der Waals surface area contributed by atoms with Gasteiger partial charge in [-0.2, -0.15) is 4.98 Å². The molecule has 0 atom stereocenters. The maximum Gasteiger partial charge on any atom is 0.258 e. The van der Waals surface area contributed by atoms with Crippen LogP contribution in [0.4, 0.5) is 0 Å². The van der Waals surface area contributed by atoms with Crippen molar-refractivity contribution < 1.29 is 23.5 Å². The molecular weight excluding hydrogens is 364 g/mol. The van der Waals surface area contributed by atoms with Gasteiger partial charge in [-0.15, -0.1) is 12.4 Å². The van der Waals surface area contributed by atoms with Gasteiger partial charge in [0.15, 0.2) is 23.9 Å². The average molecular weight is 385 g/mol. The Balaban J connectivity index is 0.00000243. The SMILES string of the molecule is COc1cc(-c2nc(C3(N)CCC3)no2)cc(OC)c1OCC(N)=O.Cl. The van der Waals surface area contributed by atoms with Gasteiger partial charge in [0.1, 0.15) is 0 Å². The van der Waals surface area contributed by atoms with Crippen molar-refractivity contribution in [2.45, 2.75) is 24.8 Å². The molecule has 1 amide bonds. The lowest BCUT2D eigenvalue weighted by molar-refractivity contribution is -0.119. The molecule has 0 bridgehead atoms. The summed E-state index contributed by atoms with van der Waals surface area (Å²) in [6.45, 7) is -0.299. The number of methoxy groups -OCH3 is 2. The highest BCUT2D eigenvalue weighted by Gasteiger charge is 2.39. The minimum atomic E-state index is -0.608. The zero-order chi connectivity index (χ0) is 18.0. The first kappa shape index (κ1) is 19.8. The fraction of sp³-hybridized carbons (Fsp3) is 0.438. The van der Waals surface area contributed by atoms with Gasteiger partial charge in [-0.05, 0) is 31.4 Å². The van der Waals surface area contributed by atoms with E-state index in [1.54, 1.807) is 12.1 Å². The van der Waals surface area contributed by atoms with Gasteiger partial charge in [0.25, 0.3) is 11.8 Å². The molecule has 0 spiro atoms. The molecule has 142 valence electrons. The van der Waals surface area contributed by atoms with E-state index in [2.05, 4.69) is 10.1 Å². The zero-order valence-electron chi connectivity index (χ0n) is 14.5. The molecule has 26 heavy (non-hydrogen) atoms.